The van der Waals surface area contributed by atoms with Crippen LogP contribution in [0.1, 0.15) is 29.1 Å². The summed E-state index contributed by atoms with van der Waals surface area (Å²) < 4.78 is 0. The lowest BCUT2D eigenvalue weighted by molar-refractivity contribution is 0.0691. The van der Waals surface area contributed by atoms with E-state index in [1.165, 1.54) is 22.7 Å². The van der Waals surface area contributed by atoms with Crippen LogP contribution in [0.25, 0.3) is 0 Å². The molecule has 0 aromatic carbocycles. The zero-order valence-electron chi connectivity index (χ0n) is 9.84. The van der Waals surface area contributed by atoms with Gasteiger partial charge in [-0.1, -0.05) is 0 Å². The van der Waals surface area contributed by atoms with Gasteiger partial charge in [-0.3, -0.25) is 0 Å². The molecule has 2 N–H and O–H groups in total. The third-order valence-electron chi connectivity index (χ3n) is 1.90. The van der Waals surface area contributed by atoms with Crippen molar-refractivity contribution in [2.24, 2.45) is 0 Å². The lowest BCUT2D eigenvalue weighted by Gasteiger charge is -1.80. The molecular formula is C12H12O4S2. The van der Waals surface area contributed by atoms with Crippen molar-refractivity contribution in [3.63, 3.8) is 0 Å². The Morgan fingerprint density at radius 1 is 0.833 bits per heavy atom. The molecule has 2 heterocycles. The largest absolute Gasteiger partial charge is 0.477 e. The third kappa shape index (κ3) is 4.31. The van der Waals surface area contributed by atoms with Crippen LogP contribution in [-0.4, -0.2) is 22.2 Å². The van der Waals surface area contributed by atoms with E-state index in [1.54, 1.807) is 24.3 Å². The summed E-state index contributed by atoms with van der Waals surface area (Å²) in [5.74, 6) is -1.68. The number of carbonyl (C=O) groups is 2. The van der Waals surface area contributed by atoms with Crippen LogP contribution < -0.4 is 0 Å². The monoisotopic (exact) mass is 284 g/mol. The molecule has 0 radical (unpaired) electrons. The van der Waals surface area contributed by atoms with Gasteiger partial charge < -0.3 is 10.2 Å². The third-order valence-corrected chi connectivity index (χ3v) is 3.88. The van der Waals surface area contributed by atoms with E-state index in [9.17, 15) is 9.59 Å². The van der Waals surface area contributed by atoms with Crippen LogP contribution in [0.4, 0.5) is 0 Å². The minimum Gasteiger partial charge on any atom is -0.477 e. The topological polar surface area (TPSA) is 74.6 Å². The van der Waals surface area contributed by atoms with E-state index in [2.05, 4.69) is 0 Å². The lowest BCUT2D eigenvalue weighted by atomic mass is 10.4. The highest BCUT2D eigenvalue weighted by Crippen LogP contribution is 2.14. The Morgan fingerprint density at radius 2 is 1.17 bits per heavy atom. The molecule has 0 spiro atoms. The summed E-state index contributed by atoms with van der Waals surface area (Å²) in [6.07, 6.45) is 0. The number of aryl methyl sites for hydroxylation is 2. The van der Waals surface area contributed by atoms with E-state index in [1.807, 2.05) is 13.8 Å². The van der Waals surface area contributed by atoms with E-state index < -0.39 is 11.9 Å². The first-order chi connectivity index (χ1) is 8.40. The van der Waals surface area contributed by atoms with Gasteiger partial charge >= 0.3 is 11.9 Å². The first-order valence-corrected chi connectivity index (χ1v) is 6.63. The molecule has 2 aromatic heterocycles. The molecule has 2 aromatic rings. The minimum absolute atomic E-state index is 0.410. The Bertz CT molecular complexity index is 504. The van der Waals surface area contributed by atoms with Gasteiger partial charge in [0.2, 0.25) is 0 Å². The van der Waals surface area contributed by atoms with Crippen LogP contribution in [0.5, 0.6) is 0 Å². The number of hydrogen-bond donors (Lipinski definition) is 2. The smallest absolute Gasteiger partial charge is 0.345 e. The molecule has 0 aliphatic rings. The van der Waals surface area contributed by atoms with E-state index in [0.717, 1.165) is 9.75 Å². The van der Waals surface area contributed by atoms with Crippen molar-refractivity contribution in [2.45, 2.75) is 13.8 Å². The normalized spacial score (nSPS) is 9.44. The summed E-state index contributed by atoms with van der Waals surface area (Å²) in [6.45, 7) is 3.77. The van der Waals surface area contributed by atoms with E-state index >= 15 is 0 Å². The summed E-state index contributed by atoms with van der Waals surface area (Å²) in [5, 5.41) is 16.8. The molecule has 0 saturated carbocycles. The molecule has 4 nitrogen and oxygen atoms in total. The molecule has 0 unspecified atom stereocenters. The Morgan fingerprint density at radius 3 is 1.28 bits per heavy atom. The fraction of sp³-hybridized carbons (Fsp3) is 0.167. The fourth-order valence-electron chi connectivity index (χ4n) is 1.10. The standard InChI is InChI=1S/2C6H6O2S/c2*1-4-2-3-5(9-4)6(7)8/h2*2-3H,1H3,(H,7,8). The predicted octanol–water partition coefficient (Wildman–Crippen LogP) is 3.51. The zero-order valence-corrected chi connectivity index (χ0v) is 11.5. The molecule has 0 amide bonds. The number of carboxylic acid groups (broad SMARTS) is 2. The number of thiophene rings is 2. The molecule has 0 atom stereocenters. The van der Waals surface area contributed by atoms with Crippen molar-refractivity contribution in [3.8, 4) is 0 Å². The van der Waals surface area contributed by atoms with Crippen molar-refractivity contribution in [1.29, 1.82) is 0 Å². The molecule has 0 saturated heterocycles. The van der Waals surface area contributed by atoms with Crippen LogP contribution in [-0.2, 0) is 0 Å². The van der Waals surface area contributed by atoms with Crippen molar-refractivity contribution < 1.29 is 19.8 Å². The number of carboxylic acids is 2. The maximum absolute atomic E-state index is 10.2. The number of aromatic carboxylic acids is 2. The van der Waals surface area contributed by atoms with Gasteiger partial charge in [0.05, 0.1) is 0 Å². The van der Waals surface area contributed by atoms with Gasteiger partial charge in [-0.2, -0.15) is 0 Å². The van der Waals surface area contributed by atoms with E-state index in [-0.39, 0.29) is 0 Å². The quantitative estimate of drug-likeness (QED) is 0.885. The van der Waals surface area contributed by atoms with Gasteiger partial charge in [0.15, 0.2) is 0 Å². The van der Waals surface area contributed by atoms with E-state index in [0.29, 0.717) is 9.75 Å². The highest BCUT2D eigenvalue weighted by molar-refractivity contribution is 7.14. The first kappa shape index (κ1) is 14.4. The first-order valence-electron chi connectivity index (χ1n) is 4.99. The SMILES string of the molecule is Cc1ccc(C(=O)O)s1.Cc1ccc(C(=O)O)s1. The van der Waals surface area contributed by atoms with Gasteiger partial charge in [0.1, 0.15) is 9.75 Å². The second kappa shape index (κ2) is 6.32. The van der Waals surface area contributed by atoms with Crippen molar-refractivity contribution in [3.05, 3.63) is 43.8 Å². The highest BCUT2D eigenvalue weighted by atomic mass is 32.1. The number of rotatable bonds is 2. The van der Waals surface area contributed by atoms with Crippen LogP contribution in [0.15, 0.2) is 24.3 Å². The highest BCUT2D eigenvalue weighted by Gasteiger charge is 2.03. The molecular weight excluding hydrogens is 272 g/mol. The Hall–Kier alpha value is -1.66. The Balaban J connectivity index is 0.000000180. The van der Waals surface area contributed by atoms with Crippen LogP contribution in [0, 0.1) is 13.8 Å². The molecule has 0 aliphatic carbocycles. The second-order valence-corrected chi connectivity index (χ2v) is 6.01. The lowest BCUT2D eigenvalue weighted by Crippen LogP contribution is -1.89. The summed E-state index contributed by atoms with van der Waals surface area (Å²) in [5.41, 5.74) is 0. The maximum Gasteiger partial charge on any atom is 0.345 e. The summed E-state index contributed by atoms with van der Waals surface area (Å²) >= 11 is 2.59. The van der Waals surface area contributed by atoms with Crippen molar-refractivity contribution >= 4 is 34.6 Å². The molecule has 0 bridgehead atoms. The summed E-state index contributed by atoms with van der Waals surface area (Å²) in [6, 6.07) is 6.83. The molecule has 6 heteroatoms. The van der Waals surface area contributed by atoms with Crippen LogP contribution in [0.3, 0.4) is 0 Å². The van der Waals surface area contributed by atoms with Gasteiger partial charge in [-0.25, -0.2) is 9.59 Å². The fourth-order valence-corrected chi connectivity index (χ4v) is 2.51. The van der Waals surface area contributed by atoms with E-state index in [4.69, 9.17) is 10.2 Å². The molecule has 96 valence electrons. The minimum atomic E-state index is -0.840. The second-order valence-electron chi connectivity index (χ2n) is 3.43. The Kier molecular flexibility index (Phi) is 5.06. The van der Waals surface area contributed by atoms with Crippen LogP contribution in [0.2, 0.25) is 0 Å². The van der Waals surface area contributed by atoms with Gasteiger partial charge in [-0.05, 0) is 38.1 Å². The van der Waals surface area contributed by atoms with Crippen molar-refractivity contribution in [1.82, 2.24) is 0 Å². The van der Waals surface area contributed by atoms with Gasteiger partial charge in [0, 0.05) is 9.75 Å². The number of hydrogen-bond acceptors (Lipinski definition) is 4. The Labute approximate surface area is 112 Å². The van der Waals surface area contributed by atoms with Gasteiger partial charge in [-0.15, -0.1) is 22.7 Å². The average molecular weight is 284 g/mol. The van der Waals surface area contributed by atoms with Gasteiger partial charge in [0.25, 0.3) is 0 Å². The zero-order chi connectivity index (χ0) is 13.7. The van der Waals surface area contributed by atoms with Crippen LogP contribution >= 0.6 is 22.7 Å². The maximum atomic E-state index is 10.2. The average Bonchev–Trinajstić information content (AvgIpc) is 2.88. The molecule has 0 fully saturated rings. The molecule has 2 rings (SSSR count). The summed E-state index contributed by atoms with van der Waals surface area (Å²) in [4.78, 5) is 23.3. The molecule has 18 heavy (non-hydrogen) atoms. The molecule has 0 aliphatic heterocycles. The summed E-state index contributed by atoms with van der Waals surface area (Å²) in [7, 11) is 0. The predicted molar refractivity (Wildman–Crippen MR) is 72.0 cm³/mol. The van der Waals surface area contributed by atoms with Crippen molar-refractivity contribution in [2.75, 3.05) is 0 Å².